The summed E-state index contributed by atoms with van der Waals surface area (Å²) in [5.74, 6) is -1.46. The second-order valence-corrected chi connectivity index (χ2v) is 22.0. The van der Waals surface area contributed by atoms with Crippen LogP contribution in [0.1, 0.15) is 303 Å². The van der Waals surface area contributed by atoms with Crippen molar-refractivity contribution in [3.63, 3.8) is 0 Å². The minimum Gasteiger partial charge on any atom is -0.462 e. The molecule has 0 aromatic carbocycles. The SMILES string of the molecule is CCCCCC/C=C\CCCCCCCC(=O)OCC(COP(=O)(O)OCC(CO)OC(=O)CCCCCCC/C=C\CCCCCC)OC(=O)CCCCCCCCCCCCCCCCCCCCC. The Morgan fingerprint density at radius 2 is 0.639 bits per heavy atom. The molecule has 3 unspecified atom stereocenters. The number of hydrogen-bond donors (Lipinski definition) is 2. The van der Waals surface area contributed by atoms with Gasteiger partial charge in [-0.3, -0.25) is 23.4 Å². The van der Waals surface area contributed by atoms with Crippen molar-refractivity contribution in [1.29, 1.82) is 0 Å². The number of rotatable bonds is 57. The number of allylic oxidation sites excluding steroid dienone is 4. The van der Waals surface area contributed by atoms with Crippen LogP contribution in [0.3, 0.4) is 0 Å². The molecule has 0 aromatic rings. The highest BCUT2D eigenvalue weighted by Gasteiger charge is 2.28. The van der Waals surface area contributed by atoms with Gasteiger partial charge in [0, 0.05) is 19.3 Å². The fraction of sp³-hybridized carbons (Fsp3) is 0.883. The highest BCUT2D eigenvalue weighted by Crippen LogP contribution is 2.43. The van der Waals surface area contributed by atoms with E-state index in [1.54, 1.807) is 0 Å². The topological polar surface area (TPSA) is 155 Å². The number of esters is 3. The summed E-state index contributed by atoms with van der Waals surface area (Å²) in [7, 11) is -4.74. The molecule has 0 heterocycles. The Balaban J connectivity index is 4.66. The number of carbonyl (C=O) groups excluding carboxylic acids is 3. The van der Waals surface area contributed by atoms with Crippen molar-refractivity contribution in [3.8, 4) is 0 Å². The fourth-order valence-electron chi connectivity index (χ4n) is 8.70. The average Bonchev–Trinajstić information content (AvgIpc) is 3.37. The van der Waals surface area contributed by atoms with Gasteiger partial charge >= 0.3 is 25.7 Å². The second-order valence-electron chi connectivity index (χ2n) is 20.5. The smallest absolute Gasteiger partial charge is 0.462 e. The van der Waals surface area contributed by atoms with E-state index in [0.29, 0.717) is 19.3 Å². The molecule has 0 fully saturated rings. The first-order chi connectivity index (χ1) is 35.2. The van der Waals surface area contributed by atoms with Crippen molar-refractivity contribution in [1.82, 2.24) is 0 Å². The van der Waals surface area contributed by atoms with Crippen LogP contribution in [0.2, 0.25) is 0 Å². The van der Waals surface area contributed by atoms with Crippen LogP contribution in [0.25, 0.3) is 0 Å². The summed E-state index contributed by atoms with van der Waals surface area (Å²) in [6, 6.07) is 0. The Hall–Kier alpha value is -2.04. The van der Waals surface area contributed by atoms with E-state index in [4.69, 9.17) is 23.3 Å². The molecule has 0 aliphatic rings. The summed E-state index contributed by atoms with van der Waals surface area (Å²) < 4.78 is 39.5. The molecule has 0 aromatic heterocycles. The minimum atomic E-state index is -4.74. The number of ether oxygens (including phenoxy) is 3. The van der Waals surface area contributed by atoms with Crippen molar-refractivity contribution in [3.05, 3.63) is 24.3 Å². The minimum absolute atomic E-state index is 0.171. The van der Waals surface area contributed by atoms with Gasteiger partial charge in [0.25, 0.3) is 0 Å². The third-order valence-electron chi connectivity index (χ3n) is 13.3. The molecule has 0 saturated carbocycles. The summed E-state index contributed by atoms with van der Waals surface area (Å²) in [6.07, 6.45) is 55.6. The number of carbonyl (C=O) groups is 3. The lowest BCUT2D eigenvalue weighted by atomic mass is 10.0. The molecule has 0 amide bonds. The molecular formula is C60H113O11P. The first-order valence-electron chi connectivity index (χ1n) is 30.2. The van der Waals surface area contributed by atoms with Gasteiger partial charge in [0.1, 0.15) is 12.7 Å². The Bertz CT molecular complexity index is 1310. The quantitative estimate of drug-likeness (QED) is 0.0197. The van der Waals surface area contributed by atoms with Crippen molar-refractivity contribution in [2.45, 2.75) is 315 Å². The second kappa shape index (κ2) is 55.2. The molecule has 12 heteroatoms. The standard InChI is InChI=1S/C60H113O11P/c1-4-7-10-13-16-19-22-25-26-27-28-29-30-33-36-39-42-45-48-51-60(64)71-57(53-67-58(62)49-46-43-40-37-34-31-23-20-17-14-11-8-5-2)55-69-72(65,66)68-54-56(52-61)70-59(63)50-47-44-41-38-35-32-24-21-18-15-12-9-6-3/h20-21,23-24,56-57,61H,4-19,22,25-55H2,1-3H3,(H,65,66)/b23-20-,24-21-. The van der Waals surface area contributed by atoms with Gasteiger partial charge in [0.05, 0.1) is 19.8 Å². The molecule has 0 aliphatic heterocycles. The van der Waals surface area contributed by atoms with Crippen molar-refractivity contribution < 1.29 is 52.2 Å². The molecule has 0 bridgehead atoms. The molecule has 11 nitrogen and oxygen atoms in total. The van der Waals surface area contributed by atoms with Gasteiger partial charge in [-0.1, -0.05) is 238 Å². The van der Waals surface area contributed by atoms with Crippen LogP contribution >= 0.6 is 7.82 Å². The molecule has 0 aliphatic carbocycles. The van der Waals surface area contributed by atoms with E-state index in [1.807, 2.05) is 0 Å². The summed E-state index contributed by atoms with van der Waals surface area (Å²) in [4.78, 5) is 48.5. The molecule has 0 saturated heterocycles. The average molecular weight is 1040 g/mol. The molecule has 0 spiro atoms. The van der Waals surface area contributed by atoms with Crippen LogP contribution in [-0.4, -0.2) is 66.5 Å². The maximum absolute atomic E-state index is 12.9. The summed E-state index contributed by atoms with van der Waals surface area (Å²) in [5, 5.41) is 9.81. The zero-order valence-electron chi connectivity index (χ0n) is 46.9. The van der Waals surface area contributed by atoms with Crippen molar-refractivity contribution in [2.24, 2.45) is 0 Å². The van der Waals surface area contributed by atoms with E-state index >= 15 is 0 Å². The van der Waals surface area contributed by atoms with Crippen LogP contribution in [0.5, 0.6) is 0 Å². The normalized spacial score (nSPS) is 13.5. The van der Waals surface area contributed by atoms with Crippen molar-refractivity contribution >= 4 is 25.7 Å². The van der Waals surface area contributed by atoms with Crippen molar-refractivity contribution in [2.75, 3.05) is 26.4 Å². The van der Waals surface area contributed by atoms with Gasteiger partial charge < -0.3 is 24.2 Å². The van der Waals surface area contributed by atoms with Crippen LogP contribution < -0.4 is 0 Å². The Morgan fingerprint density at radius 3 is 0.972 bits per heavy atom. The summed E-state index contributed by atoms with van der Waals surface area (Å²) in [6.45, 7) is 4.65. The molecule has 424 valence electrons. The highest BCUT2D eigenvalue weighted by molar-refractivity contribution is 7.47. The van der Waals surface area contributed by atoms with Gasteiger partial charge in [0.15, 0.2) is 6.10 Å². The van der Waals surface area contributed by atoms with Gasteiger partial charge in [-0.2, -0.15) is 0 Å². The van der Waals surface area contributed by atoms with Gasteiger partial charge in [-0.15, -0.1) is 0 Å². The Morgan fingerprint density at radius 1 is 0.375 bits per heavy atom. The largest absolute Gasteiger partial charge is 0.472 e. The summed E-state index contributed by atoms with van der Waals surface area (Å²) in [5.41, 5.74) is 0. The number of aliphatic hydroxyl groups excluding tert-OH is 1. The van der Waals surface area contributed by atoms with Gasteiger partial charge in [-0.05, 0) is 70.6 Å². The predicted molar refractivity (Wildman–Crippen MR) is 298 cm³/mol. The van der Waals surface area contributed by atoms with Gasteiger partial charge in [0.2, 0.25) is 0 Å². The number of phosphoric ester groups is 1. The monoisotopic (exact) mass is 1040 g/mol. The fourth-order valence-corrected chi connectivity index (χ4v) is 9.48. The van der Waals surface area contributed by atoms with E-state index in [0.717, 1.165) is 96.3 Å². The number of unbranched alkanes of at least 4 members (excludes halogenated alkanes) is 36. The number of aliphatic hydroxyl groups is 1. The number of hydrogen-bond acceptors (Lipinski definition) is 10. The van der Waals surface area contributed by atoms with E-state index in [9.17, 15) is 28.9 Å². The van der Waals surface area contributed by atoms with Crippen LogP contribution in [0, 0.1) is 0 Å². The lowest BCUT2D eigenvalue weighted by Gasteiger charge is -2.21. The zero-order valence-corrected chi connectivity index (χ0v) is 47.8. The molecule has 3 atom stereocenters. The first kappa shape index (κ1) is 70.0. The lowest BCUT2D eigenvalue weighted by molar-refractivity contribution is -0.161. The van der Waals surface area contributed by atoms with E-state index in [1.165, 1.54) is 148 Å². The van der Waals surface area contributed by atoms with E-state index in [-0.39, 0.29) is 25.9 Å². The first-order valence-corrected chi connectivity index (χ1v) is 31.7. The van der Waals surface area contributed by atoms with E-state index in [2.05, 4.69) is 45.1 Å². The lowest BCUT2D eigenvalue weighted by Crippen LogP contribution is -2.30. The highest BCUT2D eigenvalue weighted by atomic mass is 31.2. The maximum Gasteiger partial charge on any atom is 0.472 e. The van der Waals surface area contributed by atoms with Gasteiger partial charge in [-0.25, -0.2) is 4.57 Å². The maximum atomic E-state index is 12.9. The molecular weight excluding hydrogens is 928 g/mol. The third kappa shape index (κ3) is 52.8. The number of phosphoric acid groups is 1. The predicted octanol–water partition coefficient (Wildman–Crippen LogP) is 17.8. The Labute approximate surface area is 442 Å². The summed E-state index contributed by atoms with van der Waals surface area (Å²) >= 11 is 0. The Kier molecular flexibility index (Phi) is 53.6. The van der Waals surface area contributed by atoms with Crippen LogP contribution in [0.4, 0.5) is 0 Å². The molecule has 0 rings (SSSR count). The van der Waals surface area contributed by atoms with Crippen LogP contribution in [-0.2, 0) is 42.2 Å². The zero-order chi connectivity index (χ0) is 52.7. The van der Waals surface area contributed by atoms with E-state index < -0.39 is 57.8 Å². The third-order valence-corrected chi connectivity index (χ3v) is 14.3. The molecule has 2 N–H and O–H groups in total. The molecule has 72 heavy (non-hydrogen) atoms. The van der Waals surface area contributed by atoms with Crippen LogP contribution in [0.15, 0.2) is 24.3 Å². The molecule has 0 radical (unpaired) electrons.